The van der Waals surface area contributed by atoms with E-state index in [-0.39, 0.29) is 6.61 Å². The average molecular weight is 296 g/mol. The Morgan fingerprint density at radius 2 is 2.05 bits per heavy atom. The van der Waals surface area contributed by atoms with Crippen molar-refractivity contribution in [2.45, 2.75) is 20.0 Å². The zero-order valence-corrected chi connectivity index (χ0v) is 13.0. The summed E-state index contributed by atoms with van der Waals surface area (Å²) in [5.41, 5.74) is 3.14. The summed E-state index contributed by atoms with van der Waals surface area (Å²) in [5.74, 6) is 0.440. The highest BCUT2D eigenvalue weighted by Crippen LogP contribution is 2.22. The van der Waals surface area contributed by atoms with E-state index in [0.717, 1.165) is 22.8 Å². The van der Waals surface area contributed by atoms with Crippen molar-refractivity contribution in [2.75, 3.05) is 0 Å². The maximum atomic E-state index is 11.6. The number of ether oxygens (including phenoxy) is 1. The first kappa shape index (κ1) is 15.8. The van der Waals surface area contributed by atoms with E-state index >= 15 is 0 Å². The van der Waals surface area contributed by atoms with Gasteiger partial charge < -0.3 is 9.30 Å². The Morgan fingerprint density at radius 3 is 2.64 bits per heavy atom. The molecule has 114 valence electrons. The van der Waals surface area contributed by atoms with Gasteiger partial charge in [0.2, 0.25) is 0 Å². The molecule has 0 N–H and O–H groups in total. The molecule has 0 unspecified atom stereocenters. The number of benzene rings is 1. The van der Waals surface area contributed by atoms with Crippen LogP contribution < -0.4 is 0 Å². The number of hydrogen-bond acceptors (Lipinski definition) is 3. The molecule has 0 aliphatic heterocycles. The Kier molecular flexibility index (Phi) is 4.94. The second kappa shape index (κ2) is 6.89. The van der Waals surface area contributed by atoms with Crippen LogP contribution in [0.4, 0.5) is 0 Å². The van der Waals surface area contributed by atoms with Crippen molar-refractivity contribution in [3.05, 3.63) is 66.5 Å². The molecule has 0 atom stereocenters. The van der Waals surface area contributed by atoms with Crippen LogP contribution >= 0.6 is 0 Å². The molecule has 0 bridgehead atoms. The molecule has 2 aromatic rings. The van der Waals surface area contributed by atoms with Crippen LogP contribution in [0.2, 0.25) is 0 Å². The van der Waals surface area contributed by atoms with E-state index < -0.39 is 5.97 Å². The predicted molar refractivity (Wildman–Crippen MR) is 87.2 cm³/mol. The van der Waals surface area contributed by atoms with Gasteiger partial charge in [-0.3, -0.25) is 0 Å². The smallest absolute Gasteiger partial charge is 0.333 e. The molecule has 0 aliphatic rings. The first-order valence-electron chi connectivity index (χ1n) is 7.08. The van der Waals surface area contributed by atoms with Gasteiger partial charge in [-0.25, -0.2) is 9.78 Å². The molecule has 4 heteroatoms. The van der Waals surface area contributed by atoms with E-state index in [1.165, 1.54) is 0 Å². The lowest BCUT2D eigenvalue weighted by molar-refractivity contribution is -0.140. The molecule has 0 spiro atoms. The highest BCUT2D eigenvalue weighted by molar-refractivity contribution is 5.86. The van der Waals surface area contributed by atoms with E-state index in [1.807, 2.05) is 48.0 Å². The summed E-state index contributed by atoms with van der Waals surface area (Å²) < 4.78 is 7.25. The molecule has 1 aromatic heterocycles. The maximum absolute atomic E-state index is 11.6. The molecular formula is C18H20N2O2. The van der Waals surface area contributed by atoms with E-state index in [4.69, 9.17) is 4.74 Å². The lowest BCUT2D eigenvalue weighted by Crippen LogP contribution is -2.07. The van der Waals surface area contributed by atoms with Crippen molar-refractivity contribution in [3.8, 4) is 11.4 Å². The first-order chi connectivity index (χ1) is 10.5. The zero-order chi connectivity index (χ0) is 16.1. The van der Waals surface area contributed by atoms with E-state index in [2.05, 4.69) is 18.1 Å². The number of esters is 1. The van der Waals surface area contributed by atoms with Crippen LogP contribution in [-0.2, 0) is 29.6 Å². The van der Waals surface area contributed by atoms with Crippen molar-refractivity contribution >= 4 is 5.97 Å². The van der Waals surface area contributed by atoms with E-state index in [0.29, 0.717) is 12.0 Å². The molecule has 1 aromatic carbocycles. The molecule has 0 saturated carbocycles. The van der Waals surface area contributed by atoms with Gasteiger partial charge >= 0.3 is 5.97 Å². The third kappa shape index (κ3) is 3.34. The SMILES string of the molecule is C=CCc1c(COC(=O)C(=C)C)nc(-c2ccccc2)n1C. The predicted octanol–water partition coefficient (Wildman–Crippen LogP) is 3.43. The number of allylic oxidation sites excluding steroid dienone is 1. The lowest BCUT2D eigenvalue weighted by Gasteiger charge is -2.06. The average Bonchev–Trinajstić information content (AvgIpc) is 2.83. The second-order valence-electron chi connectivity index (χ2n) is 5.10. The third-order valence-corrected chi connectivity index (χ3v) is 3.35. The topological polar surface area (TPSA) is 44.1 Å². The Morgan fingerprint density at radius 1 is 1.36 bits per heavy atom. The molecule has 0 radical (unpaired) electrons. The van der Waals surface area contributed by atoms with Crippen molar-refractivity contribution in [3.63, 3.8) is 0 Å². The van der Waals surface area contributed by atoms with Crippen LogP contribution in [0.1, 0.15) is 18.3 Å². The minimum atomic E-state index is -0.406. The Balaban J connectivity index is 2.34. The molecule has 0 fully saturated rings. The first-order valence-corrected chi connectivity index (χ1v) is 7.08. The molecule has 0 amide bonds. The van der Waals surface area contributed by atoms with Crippen LogP contribution in [-0.4, -0.2) is 15.5 Å². The van der Waals surface area contributed by atoms with Gasteiger partial charge in [-0.1, -0.05) is 43.0 Å². The van der Waals surface area contributed by atoms with Gasteiger partial charge in [0.25, 0.3) is 0 Å². The molecule has 22 heavy (non-hydrogen) atoms. The highest BCUT2D eigenvalue weighted by Gasteiger charge is 2.16. The number of imidazole rings is 1. The Bertz CT molecular complexity index is 699. The second-order valence-corrected chi connectivity index (χ2v) is 5.10. The van der Waals surface area contributed by atoms with E-state index in [1.54, 1.807) is 6.92 Å². The fourth-order valence-electron chi connectivity index (χ4n) is 2.20. The number of carbonyl (C=O) groups excluding carboxylic acids is 1. The van der Waals surface area contributed by atoms with Crippen LogP contribution in [0.5, 0.6) is 0 Å². The van der Waals surface area contributed by atoms with Gasteiger partial charge in [0, 0.05) is 30.3 Å². The Labute approximate surface area is 130 Å². The summed E-state index contributed by atoms with van der Waals surface area (Å²) in [5, 5.41) is 0. The standard InChI is InChI=1S/C18H20N2O2/c1-5-9-16-15(12-22-18(21)13(2)3)19-17(20(16)4)14-10-7-6-8-11-14/h5-8,10-11H,1-2,9,12H2,3-4H3. The van der Waals surface area contributed by atoms with Gasteiger partial charge in [0.1, 0.15) is 18.1 Å². The lowest BCUT2D eigenvalue weighted by atomic mass is 10.2. The molecule has 0 aliphatic carbocycles. The number of nitrogens with zero attached hydrogens (tertiary/aromatic N) is 2. The summed E-state index contributed by atoms with van der Waals surface area (Å²) >= 11 is 0. The normalized spacial score (nSPS) is 10.3. The molecule has 2 rings (SSSR count). The summed E-state index contributed by atoms with van der Waals surface area (Å²) in [4.78, 5) is 16.2. The van der Waals surface area contributed by atoms with Crippen LogP contribution in [0.3, 0.4) is 0 Å². The zero-order valence-electron chi connectivity index (χ0n) is 13.0. The molecule has 1 heterocycles. The third-order valence-electron chi connectivity index (χ3n) is 3.35. The maximum Gasteiger partial charge on any atom is 0.333 e. The van der Waals surface area contributed by atoms with Crippen LogP contribution in [0.25, 0.3) is 11.4 Å². The van der Waals surface area contributed by atoms with E-state index in [9.17, 15) is 4.79 Å². The monoisotopic (exact) mass is 296 g/mol. The van der Waals surface area contributed by atoms with Gasteiger partial charge in [-0.05, 0) is 6.92 Å². The number of rotatable bonds is 6. The minimum Gasteiger partial charge on any atom is -0.456 e. The fourth-order valence-corrected chi connectivity index (χ4v) is 2.20. The summed E-state index contributed by atoms with van der Waals surface area (Å²) in [6, 6.07) is 9.91. The van der Waals surface area contributed by atoms with Gasteiger partial charge in [-0.2, -0.15) is 0 Å². The van der Waals surface area contributed by atoms with Crippen molar-refractivity contribution < 1.29 is 9.53 Å². The largest absolute Gasteiger partial charge is 0.456 e. The minimum absolute atomic E-state index is 0.134. The summed E-state index contributed by atoms with van der Waals surface area (Å²) in [7, 11) is 1.96. The van der Waals surface area contributed by atoms with Gasteiger partial charge in [0.05, 0.1) is 0 Å². The van der Waals surface area contributed by atoms with Crippen LogP contribution in [0, 0.1) is 0 Å². The quantitative estimate of drug-likeness (QED) is 0.466. The molecule has 0 saturated heterocycles. The fraction of sp³-hybridized carbons (Fsp3) is 0.222. The summed E-state index contributed by atoms with van der Waals surface area (Å²) in [6.45, 7) is 9.12. The Hall–Kier alpha value is -2.62. The van der Waals surface area contributed by atoms with Crippen molar-refractivity contribution in [1.29, 1.82) is 0 Å². The number of hydrogen-bond donors (Lipinski definition) is 0. The molecular weight excluding hydrogens is 276 g/mol. The van der Waals surface area contributed by atoms with Crippen LogP contribution in [0.15, 0.2) is 55.1 Å². The summed E-state index contributed by atoms with van der Waals surface area (Å²) in [6.07, 6.45) is 2.48. The van der Waals surface area contributed by atoms with Gasteiger partial charge in [0.15, 0.2) is 0 Å². The van der Waals surface area contributed by atoms with Gasteiger partial charge in [-0.15, -0.1) is 6.58 Å². The van der Waals surface area contributed by atoms with Crippen molar-refractivity contribution in [2.24, 2.45) is 7.05 Å². The van der Waals surface area contributed by atoms with Crippen molar-refractivity contribution in [1.82, 2.24) is 9.55 Å². The molecule has 4 nitrogen and oxygen atoms in total. The number of aromatic nitrogens is 2. The number of carbonyl (C=O) groups is 1. The highest BCUT2D eigenvalue weighted by atomic mass is 16.5.